The summed E-state index contributed by atoms with van der Waals surface area (Å²) >= 11 is 6.98. The second kappa shape index (κ2) is 7.48. The Morgan fingerprint density at radius 1 is 1.43 bits per heavy atom. The molecule has 1 aromatic heterocycles. The Morgan fingerprint density at radius 2 is 2.17 bits per heavy atom. The molecule has 23 heavy (non-hydrogen) atoms. The van der Waals surface area contributed by atoms with Crippen LogP contribution in [-0.4, -0.2) is 23.2 Å². The summed E-state index contributed by atoms with van der Waals surface area (Å²) in [6.45, 7) is 3.86. The highest BCUT2D eigenvalue weighted by Crippen LogP contribution is 2.22. The number of nitrogens with zero attached hydrogens (tertiary/aromatic N) is 2. The van der Waals surface area contributed by atoms with Crippen LogP contribution in [0, 0.1) is 5.82 Å². The Hall–Kier alpha value is -2.05. The van der Waals surface area contributed by atoms with Crippen molar-refractivity contribution in [2.45, 2.75) is 13.8 Å². The van der Waals surface area contributed by atoms with Crippen molar-refractivity contribution in [2.24, 2.45) is 0 Å². The molecule has 1 aromatic carbocycles. The number of hydrogen-bond donors (Lipinski definition) is 0. The van der Waals surface area contributed by atoms with Gasteiger partial charge in [-0.2, -0.15) is 0 Å². The third kappa shape index (κ3) is 4.24. The van der Waals surface area contributed by atoms with Crippen LogP contribution in [0.3, 0.4) is 0 Å². The van der Waals surface area contributed by atoms with Crippen LogP contribution in [0.2, 0.25) is 5.02 Å². The number of aromatic nitrogens is 1. The average molecular weight is 353 g/mol. The number of anilines is 1. The van der Waals surface area contributed by atoms with Gasteiger partial charge in [-0.25, -0.2) is 9.37 Å². The molecule has 7 heteroatoms. The second-order valence-electron chi connectivity index (χ2n) is 4.64. The molecule has 0 N–H and O–H groups in total. The predicted molar refractivity (Wildman–Crippen MR) is 90.6 cm³/mol. The maximum Gasteiger partial charge on any atom is 0.225 e. The first-order valence-corrected chi connectivity index (χ1v) is 8.09. The van der Waals surface area contributed by atoms with Crippen molar-refractivity contribution >= 4 is 45.8 Å². The van der Waals surface area contributed by atoms with Crippen molar-refractivity contribution in [1.82, 2.24) is 4.98 Å². The van der Waals surface area contributed by atoms with Gasteiger partial charge in [0.15, 0.2) is 10.9 Å². The van der Waals surface area contributed by atoms with Gasteiger partial charge in [0, 0.05) is 24.4 Å². The number of carbonyl (C=O) groups is 2. The zero-order valence-electron chi connectivity index (χ0n) is 12.5. The van der Waals surface area contributed by atoms with Crippen molar-refractivity contribution in [3.63, 3.8) is 0 Å². The minimum atomic E-state index is -0.569. The lowest BCUT2D eigenvalue weighted by Crippen LogP contribution is -2.27. The van der Waals surface area contributed by atoms with Crippen LogP contribution in [0.1, 0.15) is 29.9 Å². The molecule has 1 heterocycles. The van der Waals surface area contributed by atoms with Crippen molar-refractivity contribution in [1.29, 1.82) is 0 Å². The van der Waals surface area contributed by atoms with Crippen LogP contribution in [0.5, 0.6) is 0 Å². The monoisotopic (exact) mass is 352 g/mol. The Kier molecular flexibility index (Phi) is 5.63. The minimum absolute atomic E-state index is 0.0885. The first kappa shape index (κ1) is 17.3. The number of carbonyl (C=O) groups excluding carboxylic acids is 2. The van der Waals surface area contributed by atoms with E-state index in [4.69, 9.17) is 11.6 Å². The van der Waals surface area contributed by atoms with Crippen LogP contribution in [0.4, 0.5) is 9.52 Å². The number of allylic oxidation sites excluding steroid dienone is 1. The van der Waals surface area contributed by atoms with Crippen LogP contribution < -0.4 is 4.90 Å². The van der Waals surface area contributed by atoms with Gasteiger partial charge in [0.1, 0.15) is 5.82 Å². The standard InChI is InChI=1S/C16H14ClFN2O2S/c1-3-20(10(2)21)16-19-12(9-23-16)5-7-15(22)11-4-6-14(18)13(17)8-11/h4-9H,3H2,1-2H3/b7-5+. The molecular formula is C16H14ClFN2O2S. The van der Waals surface area contributed by atoms with E-state index in [-0.39, 0.29) is 16.7 Å². The quantitative estimate of drug-likeness (QED) is 0.598. The summed E-state index contributed by atoms with van der Waals surface area (Å²) in [7, 11) is 0. The van der Waals surface area contributed by atoms with Crippen molar-refractivity contribution < 1.29 is 14.0 Å². The van der Waals surface area contributed by atoms with Gasteiger partial charge in [-0.05, 0) is 37.3 Å². The number of amides is 1. The lowest BCUT2D eigenvalue weighted by molar-refractivity contribution is -0.116. The molecule has 0 saturated heterocycles. The number of halogens is 2. The third-order valence-electron chi connectivity index (χ3n) is 3.05. The summed E-state index contributed by atoms with van der Waals surface area (Å²) in [5.41, 5.74) is 0.869. The third-order valence-corrected chi connectivity index (χ3v) is 4.22. The van der Waals surface area contributed by atoms with Gasteiger partial charge < -0.3 is 0 Å². The molecule has 0 saturated carbocycles. The zero-order valence-corrected chi connectivity index (χ0v) is 14.1. The Bertz CT molecular complexity index is 773. The van der Waals surface area contributed by atoms with Gasteiger partial charge in [-0.15, -0.1) is 11.3 Å². The minimum Gasteiger partial charge on any atom is -0.289 e. The number of thiazole rings is 1. The van der Waals surface area contributed by atoms with E-state index >= 15 is 0 Å². The number of rotatable bonds is 5. The second-order valence-corrected chi connectivity index (χ2v) is 5.89. The molecular weight excluding hydrogens is 339 g/mol. The van der Waals surface area contributed by atoms with Crippen LogP contribution in [-0.2, 0) is 4.79 Å². The average Bonchev–Trinajstić information content (AvgIpc) is 2.96. The Labute approximate surface area is 142 Å². The zero-order chi connectivity index (χ0) is 17.0. The van der Waals surface area contributed by atoms with E-state index < -0.39 is 5.82 Å². The smallest absolute Gasteiger partial charge is 0.225 e. The van der Waals surface area contributed by atoms with Gasteiger partial charge in [-0.1, -0.05) is 11.6 Å². The SMILES string of the molecule is CCN(C(C)=O)c1nc(/C=C/C(=O)c2ccc(F)c(Cl)c2)cs1. The number of benzene rings is 1. The molecule has 0 aliphatic carbocycles. The molecule has 0 radical (unpaired) electrons. The Balaban J connectivity index is 2.14. The van der Waals surface area contributed by atoms with E-state index in [2.05, 4.69) is 4.98 Å². The van der Waals surface area contributed by atoms with E-state index in [1.165, 1.54) is 36.5 Å². The predicted octanol–water partition coefficient (Wildman–Crippen LogP) is 4.20. The normalized spacial score (nSPS) is 11.0. The topological polar surface area (TPSA) is 50.3 Å². The van der Waals surface area contributed by atoms with Crippen LogP contribution in [0.15, 0.2) is 29.7 Å². The fraction of sp³-hybridized carbons (Fsp3) is 0.188. The van der Waals surface area contributed by atoms with E-state index in [1.54, 1.807) is 16.4 Å². The molecule has 0 atom stereocenters. The lowest BCUT2D eigenvalue weighted by Gasteiger charge is -2.14. The summed E-state index contributed by atoms with van der Waals surface area (Å²) in [5, 5.41) is 2.24. The maximum absolute atomic E-state index is 13.1. The van der Waals surface area contributed by atoms with Crippen molar-refractivity contribution in [3.05, 3.63) is 51.8 Å². The molecule has 1 amide bonds. The van der Waals surface area contributed by atoms with Gasteiger partial charge in [0.2, 0.25) is 5.91 Å². The van der Waals surface area contributed by atoms with Gasteiger partial charge in [0.05, 0.1) is 10.7 Å². The fourth-order valence-electron chi connectivity index (χ4n) is 1.88. The maximum atomic E-state index is 13.1. The van der Waals surface area contributed by atoms with Gasteiger partial charge in [0.25, 0.3) is 0 Å². The summed E-state index contributed by atoms with van der Waals surface area (Å²) in [5.74, 6) is -0.963. The highest BCUT2D eigenvalue weighted by Gasteiger charge is 2.12. The van der Waals surface area contributed by atoms with Gasteiger partial charge in [-0.3, -0.25) is 14.5 Å². The first-order chi connectivity index (χ1) is 10.9. The first-order valence-electron chi connectivity index (χ1n) is 6.83. The lowest BCUT2D eigenvalue weighted by atomic mass is 10.1. The van der Waals surface area contributed by atoms with Crippen LogP contribution >= 0.6 is 22.9 Å². The van der Waals surface area contributed by atoms with E-state index in [9.17, 15) is 14.0 Å². The van der Waals surface area contributed by atoms with E-state index in [1.807, 2.05) is 6.92 Å². The molecule has 120 valence electrons. The highest BCUT2D eigenvalue weighted by molar-refractivity contribution is 7.14. The van der Waals surface area contributed by atoms with Crippen molar-refractivity contribution in [2.75, 3.05) is 11.4 Å². The largest absolute Gasteiger partial charge is 0.289 e. The molecule has 0 unspecified atom stereocenters. The molecule has 0 fully saturated rings. The molecule has 2 aromatic rings. The summed E-state index contributed by atoms with van der Waals surface area (Å²) in [6.07, 6.45) is 2.89. The Morgan fingerprint density at radius 3 is 2.78 bits per heavy atom. The molecule has 4 nitrogen and oxygen atoms in total. The summed E-state index contributed by atoms with van der Waals surface area (Å²) in [6, 6.07) is 3.80. The number of ketones is 1. The summed E-state index contributed by atoms with van der Waals surface area (Å²) < 4.78 is 13.1. The number of hydrogen-bond acceptors (Lipinski definition) is 4. The van der Waals surface area contributed by atoms with Gasteiger partial charge >= 0.3 is 0 Å². The highest BCUT2D eigenvalue weighted by atomic mass is 35.5. The molecule has 0 aliphatic heterocycles. The molecule has 0 aliphatic rings. The van der Waals surface area contributed by atoms with Crippen molar-refractivity contribution in [3.8, 4) is 0 Å². The van der Waals surface area contributed by atoms with E-state index in [0.717, 1.165) is 6.07 Å². The molecule has 2 rings (SSSR count). The fourth-order valence-corrected chi connectivity index (χ4v) is 2.96. The van der Waals surface area contributed by atoms with E-state index in [0.29, 0.717) is 22.9 Å². The molecule has 0 bridgehead atoms. The van der Waals surface area contributed by atoms with Crippen LogP contribution in [0.25, 0.3) is 6.08 Å². The molecule has 0 spiro atoms. The summed E-state index contributed by atoms with van der Waals surface area (Å²) in [4.78, 5) is 29.3.